The Morgan fingerprint density at radius 1 is 0.500 bits per heavy atom. The van der Waals surface area contributed by atoms with Crippen LogP contribution in [0.2, 0.25) is 0 Å². The van der Waals surface area contributed by atoms with Gasteiger partial charge in [0.1, 0.15) is 6.61 Å². The molecule has 0 amide bonds. The van der Waals surface area contributed by atoms with Crippen molar-refractivity contribution in [2.45, 2.75) is 187 Å². The molecule has 0 aliphatic carbocycles. The third-order valence-corrected chi connectivity index (χ3v) is 10.5. The van der Waals surface area contributed by atoms with Gasteiger partial charge in [-0.1, -0.05) is 175 Å². The van der Waals surface area contributed by atoms with E-state index < -0.39 is 18.1 Å². The van der Waals surface area contributed by atoms with E-state index in [9.17, 15) is 19.5 Å². The second-order valence-corrected chi connectivity index (χ2v) is 17.4. The van der Waals surface area contributed by atoms with Crippen LogP contribution in [0, 0.1) is 0 Å². The number of nitrogens with zero attached hydrogens (tertiary/aromatic N) is 1. The maximum atomic E-state index is 12.8. The fraction of sp³-hybridized carbons (Fsp3) is 0.625. The quantitative estimate of drug-likeness (QED) is 0.0214. The van der Waals surface area contributed by atoms with Crippen LogP contribution in [0.25, 0.3) is 0 Å². The van der Waals surface area contributed by atoms with E-state index in [0.29, 0.717) is 19.3 Å². The van der Waals surface area contributed by atoms with E-state index in [1.165, 1.54) is 32.1 Å². The maximum Gasteiger partial charge on any atom is 0.362 e. The predicted octanol–water partition coefficient (Wildman–Crippen LogP) is 14.4. The van der Waals surface area contributed by atoms with Gasteiger partial charge in [0.25, 0.3) is 0 Å². The zero-order valence-electron chi connectivity index (χ0n) is 41.2. The smallest absolute Gasteiger partial charge is 0.362 e. The van der Waals surface area contributed by atoms with Crippen molar-refractivity contribution in [1.82, 2.24) is 0 Å². The van der Waals surface area contributed by atoms with Gasteiger partial charge in [0.2, 0.25) is 0 Å². The summed E-state index contributed by atoms with van der Waals surface area (Å²) < 4.78 is 17.3. The molecule has 0 bridgehead atoms. The van der Waals surface area contributed by atoms with Crippen LogP contribution in [0.1, 0.15) is 174 Å². The molecule has 0 aromatic heterocycles. The molecule has 8 heteroatoms. The van der Waals surface area contributed by atoms with Crippen molar-refractivity contribution in [3.63, 3.8) is 0 Å². The van der Waals surface area contributed by atoms with Crippen LogP contribution < -0.4 is 0 Å². The van der Waals surface area contributed by atoms with E-state index in [0.717, 1.165) is 109 Å². The molecular formula is C56H92NO7+. The van der Waals surface area contributed by atoms with E-state index in [2.05, 4.69) is 123 Å². The third kappa shape index (κ3) is 43.3. The highest BCUT2D eigenvalue weighted by atomic mass is 16.6. The molecule has 64 heavy (non-hydrogen) atoms. The molecule has 0 spiro atoms. The van der Waals surface area contributed by atoms with Crippen molar-refractivity contribution in [2.75, 3.05) is 41.0 Å². The fourth-order valence-electron chi connectivity index (χ4n) is 6.62. The number of quaternary nitrogens is 1. The van der Waals surface area contributed by atoms with Gasteiger partial charge in [-0.25, -0.2) is 4.79 Å². The summed E-state index contributed by atoms with van der Waals surface area (Å²) in [5.41, 5.74) is 0. The Hall–Kier alpha value is -4.01. The fourth-order valence-corrected chi connectivity index (χ4v) is 6.62. The predicted molar refractivity (Wildman–Crippen MR) is 270 cm³/mol. The lowest BCUT2D eigenvalue weighted by Gasteiger charge is -2.31. The molecule has 0 saturated carbocycles. The molecule has 1 N–H and O–H groups in total. The zero-order chi connectivity index (χ0) is 47.0. The molecule has 0 radical (unpaired) electrons. The zero-order valence-corrected chi connectivity index (χ0v) is 41.2. The number of carboxylic acid groups (broad SMARTS) is 1. The first-order valence-electron chi connectivity index (χ1n) is 25.0. The standard InChI is InChI=1S/C56H91NO7/c1-6-8-10-12-14-16-18-20-22-24-26-27-28-29-31-32-34-36-38-40-42-44-46-54(58)63-51-52(50-62-49-48-53(56(60)61)57(3,4)5)64-55(59)47-45-43-41-39-37-35-33-30-25-23-21-19-17-15-13-11-9-7-2/h8,10,14,16,19-23,25-27,29-31,33-34,36,52-53H,6-7,9,11-13,15,17-18,24,28,32,35,37-51H2,1-5H3/p+1/b10-8+,16-14+,21-19+,22-20+,25-23+,27-26+,31-29+,33-30+,36-34+. The summed E-state index contributed by atoms with van der Waals surface area (Å²) in [6.07, 6.45) is 62.8. The molecule has 2 unspecified atom stereocenters. The van der Waals surface area contributed by atoms with Gasteiger partial charge in [-0.2, -0.15) is 0 Å². The van der Waals surface area contributed by atoms with Crippen molar-refractivity contribution in [1.29, 1.82) is 0 Å². The summed E-state index contributed by atoms with van der Waals surface area (Å²) in [6.45, 7) is 4.53. The Bertz CT molecular complexity index is 1410. The van der Waals surface area contributed by atoms with E-state index in [4.69, 9.17) is 14.2 Å². The summed E-state index contributed by atoms with van der Waals surface area (Å²) in [6, 6.07) is -0.631. The van der Waals surface area contributed by atoms with Crippen molar-refractivity contribution < 1.29 is 38.2 Å². The monoisotopic (exact) mass is 891 g/mol. The van der Waals surface area contributed by atoms with Crippen LogP contribution in [0.15, 0.2) is 109 Å². The first-order chi connectivity index (χ1) is 31.1. The number of ether oxygens (including phenoxy) is 3. The Morgan fingerprint density at radius 3 is 1.44 bits per heavy atom. The minimum absolute atomic E-state index is 0.0343. The summed E-state index contributed by atoms with van der Waals surface area (Å²) in [4.78, 5) is 37.1. The lowest BCUT2D eigenvalue weighted by molar-refractivity contribution is -0.887. The molecule has 0 aromatic carbocycles. The van der Waals surface area contributed by atoms with Gasteiger partial charge in [0.15, 0.2) is 12.1 Å². The Kier molecular flexibility index (Phi) is 42.7. The van der Waals surface area contributed by atoms with Crippen molar-refractivity contribution in [3.8, 4) is 0 Å². The number of esters is 2. The third-order valence-electron chi connectivity index (χ3n) is 10.5. The lowest BCUT2D eigenvalue weighted by atomic mass is 10.1. The highest BCUT2D eigenvalue weighted by Crippen LogP contribution is 2.13. The van der Waals surface area contributed by atoms with Crippen molar-refractivity contribution >= 4 is 17.9 Å². The molecule has 0 aromatic rings. The Balaban J connectivity index is 4.41. The van der Waals surface area contributed by atoms with Crippen LogP contribution >= 0.6 is 0 Å². The minimum atomic E-state index is -0.888. The number of rotatable bonds is 43. The Morgan fingerprint density at radius 2 is 0.938 bits per heavy atom. The van der Waals surface area contributed by atoms with Gasteiger partial charge in [-0.05, 0) is 89.9 Å². The molecule has 362 valence electrons. The first-order valence-corrected chi connectivity index (χ1v) is 25.0. The number of likely N-dealkylation sites (N-methyl/N-ethyl adjacent to an activating group) is 1. The van der Waals surface area contributed by atoms with E-state index >= 15 is 0 Å². The number of hydrogen-bond donors (Lipinski definition) is 1. The van der Waals surface area contributed by atoms with E-state index in [1.807, 2.05) is 21.1 Å². The van der Waals surface area contributed by atoms with Crippen LogP contribution in [-0.4, -0.2) is 80.6 Å². The molecule has 0 aliphatic heterocycles. The maximum absolute atomic E-state index is 12.8. The van der Waals surface area contributed by atoms with Crippen LogP contribution in [0.3, 0.4) is 0 Å². The molecular weight excluding hydrogens is 799 g/mol. The van der Waals surface area contributed by atoms with Crippen molar-refractivity contribution in [3.05, 3.63) is 109 Å². The van der Waals surface area contributed by atoms with E-state index in [-0.39, 0.29) is 36.2 Å². The van der Waals surface area contributed by atoms with Crippen LogP contribution in [-0.2, 0) is 28.6 Å². The average Bonchev–Trinajstić information content (AvgIpc) is 3.26. The SMILES string of the molecule is CC/C=C/C/C=C/C/C=C/C/C=C/C/C=C/C/C=C/CCCCCC(=O)OCC(COCCC(C(=O)O)[N+](C)(C)C)OC(=O)CCCCCCC/C=C/C=C/C=C/CCCCCCC. The first kappa shape index (κ1) is 60.0. The van der Waals surface area contributed by atoms with Gasteiger partial charge in [0.05, 0.1) is 34.4 Å². The summed E-state index contributed by atoms with van der Waals surface area (Å²) >= 11 is 0. The second-order valence-electron chi connectivity index (χ2n) is 17.4. The van der Waals surface area contributed by atoms with Gasteiger partial charge in [-0.3, -0.25) is 9.59 Å². The lowest BCUT2D eigenvalue weighted by Crippen LogP contribution is -2.50. The number of aliphatic carboxylic acids is 1. The molecule has 0 aliphatic rings. The normalized spacial score (nSPS) is 13.8. The molecule has 0 saturated heterocycles. The summed E-state index contributed by atoms with van der Waals surface area (Å²) in [5, 5.41) is 9.65. The molecule has 2 atom stereocenters. The molecule has 0 fully saturated rings. The topological polar surface area (TPSA) is 99.1 Å². The number of hydrogen-bond acceptors (Lipinski definition) is 6. The molecule has 8 nitrogen and oxygen atoms in total. The van der Waals surface area contributed by atoms with Crippen molar-refractivity contribution in [2.24, 2.45) is 0 Å². The van der Waals surface area contributed by atoms with Gasteiger partial charge >= 0.3 is 17.9 Å². The number of unbranched alkanes of at least 4 members (excludes halogenated alkanes) is 13. The molecule has 0 rings (SSSR count). The minimum Gasteiger partial charge on any atom is -0.477 e. The van der Waals surface area contributed by atoms with E-state index in [1.54, 1.807) is 0 Å². The highest BCUT2D eigenvalue weighted by molar-refractivity contribution is 5.72. The van der Waals surface area contributed by atoms with Crippen LogP contribution in [0.4, 0.5) is 0 Å². The number of allylic oxidation sites excluding steroid dienone is 18. The number of carbonyl (C=O) groups excluding carboxylic acids is 2. The van der Waals surface area contributed by atoms with Gasteiger partial charge in [0, 0.05) is 19.3 Å². The number of carbonyl (C=O) groups is 3. The van der Waals surface area contributed by atoms with Gasteiger partial charge in [-0.15, -0.1) is 0 Å². The largest absolute Gasteiger partial charge is 0.477 e. The summed E-state index contributed by atoms with van der Waals surface area (Å²) in [5.74, 6) is -1.55. The number of carboxylic acids is 1. The molecule has 0 heterocycles. The van der Waals surface area contributed by atoms with Gasteiger partial charge < -0.3 is 23.8 Å². The van der Waals surface area contributed by atoms with Crippen LogP contribution in [0.5, 0.6) is 0 Å². The highest BCUT2D eigenvalue weighted by Gasteiger charge is 2.31. The summed E-state index contributed by atoms with van der Waals surface area (Å²) in [7, 11) is 5.50. The average molecular weight is 891 g/mol. The second kappa shape index (κ2) is 45.6. The Labute approximate surface area is 391 Å².